The fraction of sp³-hybridized carbons (Fsp3) is 0.579. The number of hydrogen-bond acceptors (Lipinski definition) is 2. The van der Waals surface area contributed by atoms with E-state index < -0.39 is 23.2 Å². The summed E-state index contributed by atoms with van der Waals surface area (Å²) in [5, 5.41) is 0. The van der Waals surface area contributed by atoms with E-state index in [0.29, 0.717) is 7.25 Å². The zero-order valence-electron chi connectivity index (χ0n) is 26.7. The van der Waals surface area contributed by atoms with Crippen molar-refractivity contribution < 1.29 is 32.7 Å². The third kappa shape index (κ3) is 10.4. The summed E-state index contributed by atoms with van der Waals surface area (Å²) in [7, 11) is 0. The standard InChI is InChI=1S/2C19H27O.Zr/c2*1-19(2,3)20-15-9-5-4-6-10-16-13-14-17-11-7-8-12-18(16)17;/h2*7-8,11-14H,4-6,9-10,15H2,1-3H3;. The van der Waals surface area contributed by atoms with Gasteiger partial charge in [0, 0.05) is 0 Å². The quantitative estimate of drug-likeness (QED) is 0.171. The van der Waals surface area contributed by atoms with E-state index >= 15 is 0 Å². The molecule has 0 amide bonds. The summed E-state index contributed by atoms with van der Waals surface area (Å²) < 4.78 is 13.2. The molecule has 0 fully saturated rings. The number of hydrogen-bond donors (Lipinski definition) is 0. The molecule has 0 N–H and O–H groups in total. The summed E-state index contributed by atoms with van der Waals surface area (Å²) in [6.07, 6.45) is 17.8. The molecule has 2 nitrogen and oxygen atoms in total. The minimum absolute atomic E-state index is 0.0184. The first-order valence-electron chi connectivity index (χ1n) is 16.2. The van der Waals surface area contributed by atoms with Gasteiger partial charge in [-0.2, -0.15) is 0 Å². The molecular formula is C38H54O2Zr. The number of unbranched alkanes of at least 4 members (excludes halogenated alkanes) is 6. The van der Waals surface area contributed by atoms with E-state index in [9.17, 15) is 0 Å². The Morgan fingerprint density at radius 1 is 0.537 bits per heavy atom. The zero-order valence-corrected chi connectivity index (χ0v) is 29.2. The first-order chi connectivity index (χ1) is 19.6. The van der Waals surface area contributed by atoms with Gasteiger partial charge in [0.2, 0.25) is 0 Å². The predicted octanol–water partition coefficient (Wildman–Crippen LogP) is 10.9. The Kier molecular flexibility index (Phi) is 12.3. The number of allylic oxidation sites excluding steroid dienone is 4. The predicted molar refractivity (Wildman–Crippen MR) is 172 cm³/mol. The maximum atomic E-state index is 5.90. The van der Waals surface area contributed by atoms with Crippen molar-refractivity contribution in [2.45, 2.75) is 124 Å². The average Bonchev–Trinajstić information content (AvgIpc) is 3.44. The summed E-state index contributed by atoms with van der Waals surface area (Å²) in [5.74, 6) is 0. The van der Waals surface area contributed by atoms with E-state index in [-0.39, 0.29) is 11.2 Å². The van der Waals surface area contributed by atoms with Crippen LogP contribution in [0.15, 0.2) is 60.7 Å². The van der Waals surface area contributed by atoms with Crippen LogP contribution in [0, 0.1) is 0 Å². The first-order valence-corrected chi connectivity index (χ1v) is 19.1. The van der Waals surface area contributed by atoms with Gasteiger partial charge < -0.3 is 0 Å². The zero-order chi connectivity index (χ0) is 29.3. The molecule has 0 radical (unpaired) electrons. The molecule has 4 rings (SSSR count). The van der Waals surface area contributed by atoms with Crippen molar-refractivity contribution >= 4 is 11.1 Å². The molecule has 2 aromatic carbocycles. The van der Waals surface area contributed by atoms with Gasteiger partial charge in [0.15, 0.2) is 0 Å². The molecule has 0 aliphatic heterocycles. The van der Waals surface area contributed by atoms with Crippen LogP contribution in [0.3, 0.4) is 0 Å². The van der Waals surface area contributed by atoms with Crippen molar-refractivity contribution in [2.75, 3.05) is 13.2 Å². The third-order valence-electron chi connectivity index (χ3n) is 8.13. The van der Waals surface area contributed by atoms with Crippen LogP contribution in [-0.4, -0.2) is 24.4 Å². The molecule has 222 valence electrons. The van der Waals surface area contributed by atoms with E-state index in [1.807, 2.05) is 0 Å². The molecule has 2 aliphatic rings. The van der Waals surface area contributed by atoms with E-state index in [1.54, 1.807) is 33.4 Å². The van der Waals surface area contributed by atoms with Crippen LogP contribution in [0.25, 0.3) is 11.1 Å². The van der Waals surface area contributed by atoms with Crippen molar-refractivity contribution in [1.82, 2.24) is 0 Å². The molecule has 3 heteroatoms. The Labute approximate surface area is 263 Å². The van der Waals surface area contributed by atoms with Crippen LogP contribution in [-0.2, 0) is 32.7 Å². The van der Waals surface area contributed by atoms with Gasteiger partial charge in [-0.15, -0.1) is 0 Å². The van der Waals surface area contributed by atoms with Crippen molar-refractivity contribution in [1.29, 1.82) is 0 Å². The fourth-order valence-corrected chi connectivity index (χ4v) is 10.6. The van der Waals surface area contributed by atoms with Gasteiger partial charge in [-0.05, 0) is 0 Å². The van der Waals surface area contributed by atoms with Gasteiger partial charge in [-0.3, -0.25) is 0 Å². The Hall–Kier alpha value is -1.28. The molecule has 0 saturated heterocycles. The van der Waals surface area contributed by atoms with Crippen LogP contribution in [0.2, 0.25) is 0 Å². The molecule has 41 heavy (non-hydrogen) atoms. The van der Waals surface area contributed by atoms with Gasteiger partial charge in [0.1, 0.15) is 0 Å². The van der Waals surface area contributed by atoms with Crippen molar-refractivity contribution in [3.8, 4) is 0 Å². The van der Waals surface area contributed by atoms with Gasteiger partial charge in [0.05, 0.1) is 0 Å². The van der Waals surface area contributed by atoms with E-state index in [2.05, 4.69) is 102 Å². The third-order valence-corrected chi connectivity index (χ3v) is 12.2. The molecule has 2 unspecified atom stereocenters. The van der Waals surface area contributed by atoms with Crippen LogP contribution >= 0.6 is 0 Å². The monoisotopic (exact) mass is 632 g/mol. The summed E-state index contributed by atoms with van der Waals surface area (Å²) in [6.45, 7) is 14.6. The molecule has 0 heterocycles. The van der Waals surface area contributed by atoms with Gasteiger partial charge in [-0.25, -0.2) is 0 Å². The topological polar surface area (TPSA) is 18.5 Å². The van der Waals surface area contributed by atoms with Crippen molar-refractivity contribution in [2.24, 2.45) is 0 Å². The summed E-state index contributed by atoms with van der Waals surface area (Å²) in [6, 6.07) is 18.6. The van der Waals surface area contributed by atoms with Gasteiger partial charge in [-0.1, -0.05) is 0 Å². The molecule has 0 saturated carbocycles. The average molecular weight is 634 g/mol. The maximum absolute atomic E-state index is 5.90. The number of ether oxygens (including phenoxy) is 2. The van der Waals surface area contributed by atoms with E-state index in [1.165, 1.54) is 64.2 Å². The summed E-state index contributed by atoms with van der Waals surface area (Å²) >= 11 is -0.764. The number of benzene rings is 2. The Balaban J connectivity index is 1.30. The molecule has 2 atom stereocenters. The van der Waals surface area contributed by atoms with Crippen molar-refractivity contribution in [3.05, 3.63) is 82.9 Å². The Morgan fingerprint density at radius 3 is 1.34 bits per heavy atom. The second-order valence-electron chi connectivity index (χ2n) is 13.9. The van der Waals surface area contributed by atoms with Crippen LogP contribution in [0.4, 0.5) is 0 Å². The minimum atomic E-state index is -0.764. The molecular weight excluding hydrogens is 580 g/mol. The van der Waals surface area contributed by atoms with Crippen LogP contribution in [0.5, 0.6) is 0 Å². The van der Waals surface area contributed by atoms with E-state index in [0.717, 1.165) is 13.2 Å². The molecule has 0 aromatic heterocycles. The van der Waals surface area contributed by atoms with Gasteiger partial charge in [0.25, 0.3) is 0 Å². The Morgan fingerprint density at radius 2 is 0.927 bits per heavy atom. The summed E-state index contributed by atoms with van der Waals surface area (Å²) in [4.78, 5) is 0. The second-order valence-corrected chi connectivity index (χ2v) is 17.8. The number of fused-ring (bicyclic) bond motifs is 2. The van der Waals surface area contributed by atoms with Gasteiger partial charge >= 0.3 is 264 Å². The second kappa shape index (κ2) is 15.4. The van der Waals surface area contributed by atoms with E-state index in [4.69, 9.17) is 9.47 Å². The Bertz CT molecular complexity index is 1070. The molecule has 2 aliphatic carbocycles. The van der Waals surface area contributed by atoms with Crippen LogP contribution in [0.1, 0.15) is 135 Å². The van der Waals surface area contributed by atoms with Crippen molar-refractivity contribution in [3.63, 3.8) is 0 Å². The molecule has 0 bridgehead atoms. The normalized spacial score (nSPS) is 18.2. The SMILES string of the molecule is CC(C)(C)OCCCCCCC1=C[CH]([Zr][CH]2C=C(CCCCCCOC(C)(C)C)c3ccccc32)c2ccccc21. The molecule has 2 aromatic rings. The summed E-state index contributed by atoms with van der Waals surface area (Å²) in [5.41, 5.74) is 9.51. The molecule has 0 spiro atoms. The van der Waals surface area contributed by atoms with Crippen LogP contribution < -0.4 is 0 Å². The fourth-order valence-electron chi connectivity index (χ4n) is 6.09. The first kappa shape index (κ1) is 32.6. The number of rotatable bonds is 16.